The minimum Gasteiger partial charge on any atom is -0.459 e. The largest absolute Gasteiger partial charge is 0.459 e. The van der Waals surface area contributed by atoms with Crippen LogP contribution in [0.5, 0.6) is 5.75 Å². The maximum Gasteiger partial charge on any atom is 0.336 e. The molecule has 236 valence electrons. The molecule has 0 amide bonds. The van der Waals surface area contributed by atoms with Crippen LogP contribution in [0, 0.1) is 46.3 Å². The number of rotatable bonds is 9. The monoisotopic (exact) mass is 590 g/mol. The number of ether oxygens (including phenoxy) is 2. The normalized spacial score (nSPS) is 34.2. The topological polar surface area (TPSA) is 105 Å². The molecule has 8 atom stereocenters. The summed E-state index contributed by atoms with van der Waals surface area (Å²) in [4.78, 5) is 24.8. The van der Waals surface area contributed by atoms with Gasteiger partial charge in [-0.25, -0.2) is 9.59 Å². The Bertz CT molecular complexity index is 1250. The summed E-state index contributed by atoms with van der Waals surface area (Å²) in [6.45, 7) is 12.4. The molecule has 5 rings (SSSR count). The van der Waals surface area contributed by atoms with Gasteiger partial charge in [0.1, 0.15) is 6.10 Å². The molecule has 4 aliphatic carbocycles. The third-order valence-electron chi connectivity index (χ3n) is 12.1. The molecule has 4 aliphatic rings. The van der Waals surface area contributed by atoms with Gasteiger partial charge >= 0.3 is 11.9 Å². The lowest BCUT2D eigenvalue weighted by molar-refractivity contribution is -0.145. The van der Waals surface area contributed by atoms with Gasteiger partial charge in [-0.2, -0.15) is 0 Å². The molecule has 0 saturated heterocycles. The van der Waals surface area contributed by atoms with E-state index in [1.54, 1.807) is 6.07 Å². The van der Waals surface area contributed by atoms with E-state index in [-0.39, 0.29) is 23.0 Å². The van der Waals surface area contributed by atoms with E-state index in [0.717, 1.165) is 66.9 Å². The SMILES string of the molecule is CC(C)CCCC(C)C1CCC2C3CC=C4CC(OC(=O)/C=C/C(=O)Oc5ccc(N)cc5N)CCC4(C)C3CCC12C. The summed E-state index contributed by atoms with van der Waals surface area (Å²) in [6, 6.07) is 4.65. The Morgan fingerprint density at radius 3 is 2.49 bits per heavy atom. The maximum absolute atomic E-state index is 12.6. The number of hydrogen-bond donors (Lipinski definition) is 2. The highest BCUT2D eigenvalue weighted by Gasteiger charge is 2.59. The van der Waals surface area contributed by atoms with Crippen LogP contribution in [0.4, 0.5) is 11.4 Å². The van der Waals surface area contributed by atoms with Crippen molar-refractivity contribution >= 4 is 23.3 Å². The zero-order valence-corrected chi connectivity index (χ0v) is 27.1. The zero-order chi connectivity index (χ0) is 30.9. The van der Waals surface area contributed by atoms with E-state index in [4.69, 9.17) is 20.9 Å². The van der Waals surface area contributed by atoms with Crippen LogP contribution >= 0.6 is 0 Å². The Balaban J connectivity index is 1.17. The average molecular weight is 591 g/mol. The Morgan fingerprint density at radius 1 is 0.977 bits per heavy atom. The first-order valence-corrected chi connectivity index (χ1v) is 16.9. The molecule has 8 unspecified atom stereocenters. The highest BCUT2D eigenvalue weighted by atomic mass is 16.5. The van der Waals surface area contributed by atoms with Crippen LogP contribution in [0.25, 0.3) is 0 Å². The number of nitrogen functional groups attached to an aromatic ring is 2. The summed E-state index contributed by atoms with van der Waals surface area (Å²) in [5, 5.41) is 0. The van der Waals surface area contributed by atoms with E-state index >= 15 is 0 Å². The van der Waals surface area contributed by atoms with Gasteiger partial charge in [0.15, 0.2) is 5.75 Å². The molecule has 6 nitrogen and oxygen atoms in total. The standard InChI is InChI=1S/C37H54N2O4/c1-23(2)7-6-8-24(3)29-12-13-30-28-11-9-25-21-27(17-19-36(25,4)31(28)18-20-37(29,30)5)42-34(40)15-16-35(41)43-33-14-10-26(38)22-32(33)39/h9-10,14-16,22-24,27-31H,6-8,11-13,17-21,38-39H2,1-5H3/b16-15+. The van der Waals surface area contributed by atoms with Gasteiger partial charge in [0.2, 0.25) is 0 Å². The van der Waals surface area contributed by atoms with Crippen LogP contribution in [0.15, 0.2) is 42.0 Å². The van der Waals surface area contributed by atoms with Gasteiger partial charge in [-0.05, 0) is 109 Å². The fourth-order valence-corrected chi connectivity index (χ4v) is 9.89. The predicted molar refractivity (Wildman–Crippen MR) is 173 cm³/mol. The Morgan fingerprint density at radius 2 is 1.74 bits per heavy atom. The Kier molecular flexibility index (Phi) is 9.34. The molecule has 0 spiro atoms. The van der Waals surface area contributed by atoms with Crippen LogP contribution in [0.3, 0.4) is 0 Å². The first-order chi connectivity index (χ1) is 20.4. The number of benzene rings is 1. The maximum atomic E-state index is 12.6. The van der Waals surface area contributed by atoms with Crippen LogP contribution in [-0.2, 0) is 14.3 Å². The number of anilines is 2. The summed E-state index contributed by atoms with van der Waals surface area (Å²) < 4.78 is 11.1. The van der Waals surface area contributed by atoms with E-state index < -0.39 is 11.9 Å². The van der Waals surface area contributed by atoms with Crippen molar-refractivity contribution in [3.8, 4) is 5.75 Å². The van der Waals surface area contributed by atoms with Crippen molar-refractivity contribution in [3.63, 3.8) is 0 Å². The average Bonchev–Trinajstić information content (AvgIpc) is 3.31. The van der Waals surface area contributed by atoms with Crippen molar-refractivity contribution in [1.82, 2.24) is 0 Å². The quantitative estimate of drug-likeness (QED) is 0.0986. The molecule has 3 fully saturated rings. The summed E-state index contributed by atoms with van der Waals surface area (Å²) in [6.07, 6.45) is 18.1. The lowest BCUT2D eigenvalue weighted by Crippen LogP contribution is -2.51. The van der Waals surface area contributed by atoms with Crippen molar-refractivity contribution in [1.29, 1.82) is 0 Å². The summed E-state index contributed by atoms with van der Waals surface area (Å²) >= 11 is 0. The van der Waals surface area contributed by atoms with E-state index in [1.807, 2.05) is 0 Å². The molecule has 0 aromatic heterocycles. The molecule has 3 saturated carbocycles. The van der Waals surface area contributed by atoms with E-state index in [0.29, 0.717) is 11.1 Å². The van der Waals surface area contributed by atoms with E-state index in [2.05, 4.69) is 40.7 Å². The van der Waals surface area contributed by atoms with Gasteiger partial charge in [-0.1, -0.05) is 65.5 Å². The van der Waals surface area contributed by atoms with Crippen LogP contribution in [-0.4, -0.2) is 18.0 Å². The van der Waals surface area contributed by atoms with Crippen LogP contribution in [0.1, 0.15) is 105 Å². The van der Waals surface area contributed by atoms with Gasteiger partial charge in [0.25, 0.3) is 0 Å². The second-order valence-electron chi connectivity index (χ2n) is 15.1. The molecule has 4 N–H and O–H groups in total. The zero-order valence-electron chi connectivity index (χ0n) is 27.1. The third kappa shape index (κ3) is 6.54. The fraction of sp³-hybridized carbons (Fsp3) is 0.676. The van der Waals surface area contributed by atoms with Crippen molar-refractivity contribution in [3.05, 3.63) is 42.0 Å². The molecule has 1 aromatic carbocycles. The third-order valence-corrected chi connectivity index (χ3v) is 12.1. The first kappa shape index (κ1) is 31.7. The van der Waals surface area contributed by atoms with Crippen molar-refractivity contribution in [2.75, 3.05) is 11.5 Å². The fourth-order valence-electron chi connectivity index (χ4n) is 9.89. The number of carbonyl (C=O) groups excluding carboxylic acids is 2. The minimum atomic E-state index is -0.686. The molecule has 1 aromatic rings. The van der Waals surface area contributed by atoms with Crippen LogP contribution in [0.2, 0.25) is 0 Å². The van der Waals surface area contributed by atoms with Gasteiger partial charge in [-0.15, -0.1) is 0 Å². The molecule has 0 aliphatic heterocycles. The van der Waals surface area contributed by atoms with Gasteiger partial charge < -0.3 is 20.9 Å². The van der Waals surface area contributed by atoms with Gasteiger partial charge in [0, 0.05) is 24.3 Å². The molecular weight excluding hydrogens is 536 g/mol. The van der Waals surface area contributed by atoms with Crippen LogP contribution < -0.4 is 16.2 Å². The summed E-state index contributed by atoms with van der Waals surface area (Å²) in [5.41, 5.74) is 14.5. The second kappa shape index (κ2) is 12.7. The minimum absolute atomic E-state index is 0.159. The highest BCUT2D eigenvalue weighted by molar-refractivity contribution is 5.93. The number of hydrogen-bond acceptors (Lipinski definition) is 6. The van der Waals surface area contributed by atoms with Crippen molar-refractivity contribution in [2.45, 2.75) is 111 Å². The van der Waals surface area contributed by atoms with Gasteiger partial charge in [0.05, 0.1) is 5.69 Å². The Hall–Kier alpha value is -2.76. The molecule has 0 heterocycles. The second-order valence-corrected chi connectivity index (χ2v) is 15.1. The molecule has 0 radical (unpaired) electrons. The summed E-state index contributed by atoms with van der Waals surface area (Å²) in [7, 11) is 0. The van der Waals surface area contributed by atoms with E-state index in [1.165, 1.54) is 69.1 Å². The number of carbonyl (C=O) groups is 2. The lowest BCUT2D eigenvalue weighted by atomic mass is 9.47. The number of fused-ring (bicyclic) bond motifs is 5. The van der Waals surface area contributed by atoms with E-state index in [9.17, 15) is 9.59 Å². The number of nitrogens with two attached hydrogens (primary N) is 2. The molecule has 43 heavy (non-hydrogen) atoms. The number of esters is 2. The summed E-state index contributed by atoms with van der Waals surface area (Å²) in [5.74, 6) is 3.85. The van der Waals surface area contributed by atoms with Gasteiger partial charge in [-0.3, -0.25) is 0 Å². The predicted octanol–water partition coefficient (Wildman–Crippen LogP) is 8.27. The lowest BCUT2D eigenvalue weighted by Gasteiger charge is -2.58. The molecule has 6 heteroatoms. The van der Waals surface area contributed by atoms with Crippen molar-refractivity contribution in [2.24, 2.45) is 46.3 Å². The first-order valence-electron chi connectivity index (χ1n) is 16.9. The number of allylic oxidation sites excluding steroid dienone is 1. The van der Waals surface area contributed by atoms with Crippen molar-refractivity contribution < 1.29 is 19.1 Å². The highest BCUT2D eigenvalue weighted by Crippen LogP contribution is 2.67. The molecule has 0 bridgehead atoms. The Labute approximate surface area is 259 Å². The molecular formula is C37H54N2O4. The smallest absolute Gasteiger partial charge is 0.336 e.